The van der Waals surface area contributed by atoms with Gasteiger partial charge in [0.05, 0.1) is 25.9 Å². The van der Waals surface area contributed by atoms with Crippen molar-refractivity contribution < 1.29 is 13.9 Å². The highest BCUT2D eigenvalue weighted by Gasteiger charge is 2.31. The number of hydrogen-bond acceptors (Lipinski definition) is 5. The summed E-state index contributed by atoms with van der Waals surface area (Å²) >= 11 is 0. The lowest BCUT2D eigenvalue weighted by molar-refractivity contribution is 0.000773. The van der Waals surface area contributed by atoms with Crippen molar-refractivity contribution >= 4 is 0 Å². The van der Waals surface area contributed by atoms with Gasteiger partial charge in [0.15, 0.2) is 0 Å². The largest absolute Gasteiger partial charge is 0.465 e. The average Bonchev–Trinajstić information content (AvgIpc) is 3.20. The zero-order valence-electron chi connectivity index (χ0n) is 13.7. The molecule has 0 amide bonds. The van der Waals surface area contributed by atoms with Crippen LogP contribution in [-0.4, -0.2) is 57.0 Å². The minimum atomic E-state index is 0.236. The minimum absolute atomic E-state index is 0.236. The van der Waals surface area contributed by atoms with Crippen molar-refractivity contribution in [1.82, 2.24) is 10.2 Å². The predicted octanol–water partition coefficient (Wildman–Crippen LogP) is 1.98. The van der Waals surface area contributed by atoms with Crippen molar-refractivity contribution in [2.24, 2.45) is 5.92 Å². The molecule has 0 spiro atoms. The molecule has 2 fully saturated rings. The van der Waals surface area contributed by atoms with E-state index in [1.165, 1.54) is 0 Å². The van der Waals surface area contributed by atoms with Crippen LogP contribution in [-0.2, 0) is 9.47 Å². The Morgan fingerprint density at radius 2 is 2.05 bits per heavy atom. The summed E-state index contributed by atoms with van der Waals surface area (Å²) in [5, 5.41) is 3.65. The predicted molar refractivity (Wildman–Crippen MR) is 85.0 cm³/mol. The zero-order chi connectivity index (χ0) is 15.4. The summed E-state index contributed by atoms with van der Waals surface area (Å²) < 4.78 is 16.8. The zero-order valence-corrected chi connectivity index (χ0v) is 13.7. The van der Waals surface area contributed by atoms with Gasteiger partial charge in [-0.1, -0.05) is 0 Å². The van der Waals surface area contributed by atoms with Crippen LogP contribution >= 0.6 is 0 Å². The van der Waals surface area contributed by atoms with Crippen molar-refractivity contribution in [3.63, 3.8) is 0 Å². The van der Waals surface area contributed by atoms with Gasteiger partial charge in [-0.05, 0) is 32.4 Å². The molecular formula is C17H28N2O3. The van der Waals surface area contributed by atoms with Gasteiger partial charge in [-0.25, -0.2) is 0 Å². The minimum Gasteiger partial charge on any atom is -0.465 e. The smallest absolute Gasteiger partial charge is 0.120 e. The molecule has 0 unspecified atom stereocenters. The molecule has 1 aromatic rings. The van der Waals surface area contributed by atoms with Crippen LogP contribution in [0, 0.1) is 12.8 Å². The van der Waals surface area contributed by atoms with E-state index in [4.69, 9.17) is 13.9 Å². The molecule has 0 aromatic carbocycles. The fourth-order valence-corrected chi connectivity index (χ4v) is 3.44. The van der Waals surface area contributed by atoms with E-state index >= 15 is 0 Å². The van der Waals surface area contributed by atoms with E-state index in [9.17, 15) is 0 Å². The van der Waals surface area contributed by atoms with Crippen LogP contribution in [0.25, 0.3) is 0 Å². The van der Waals surface area contributed by atoms with Gasteiger partial charge in [-0.2, -0.15) is 0 Å². The number of nitrogens with one attached hydrogen (secondary N) is 1. The highest BCUT2D eigenvalue weighted by Crippen LogP contribution is 2.23. The van der Waals surface area contributed by atoms with Gasteiger partial charge in [-0.3, -0.25) is 4.90 Å². The van der Waals surface area contributed by atoms with Crippen LogP contribution in [0.4, 0.5) is 0 Å². The SMILES string of the molecule is Cc1ccc([C@H](C)NC[C@H]([C@@H]2CCOC2)N2CCOCC2)o1. The lowest BCUT2D eigenvalue weighted by Crippen LogP contribution is -2.51. The third kappa shape index (κ3) is 3.90. The Hall–Kier alpha value is -0.880. The number of hydrogen-bond donors (Lipinski definition) is 1. The first kappa shape index (κ1) is 16.0. The first-order valence-corrected chi connectivity index (χ1v) is 8.43. The first-order valence-electron chi connectivity index (χ1n) is 8.43. The summed E-state index contributed by atoms with van der Waals surface area (Å²) in [6.07, 6.45) is 1.16. The number of ether oxygens (including phenoxy) is 2. The first-order chi connectivity index (χ1) is 10.7. The topological polar surface area (TPSA) is 46.9 Å². The molecule has 1 N–H and O–H groups in total. The van der Waals surface area contributed by atoms with Crippen LogP contribution < -0.4 is 5.32 Å². The number of furan rings is 1. The van der Waals surface area contributed by atoms with E-state index < -0.39 is 0 Å². The number of nitrogens with zero attached hydrogens (tertiary/aromatic N) is 1. The van der Waals surface area contributed by atoms with Crippen LogP contribution in [0.2, 0.25) is 0 Å². The molecule has 0 radical (unpaired) electrons. The van der Waals surface area contributed by atoms with Crippen molar-refractivity contribution in [2.75, 3.05) is 46.1 Å². The van der Waals surface area contributed by atoms with Gasteiger partial charge in [0.1, 0.15) is 11.5 Å². The van der Waals surface area contributed by atoms with Crippen molar-refractivity contribution in [1.29, 1.82) is 0 Å². The average molecular weight is 308 g/mol. The van der Waals surface area contributed by atoms with Crippen LogP contribution in [0.5, 0.6) is 0 Å². The summed E-state index contributed by atoms with van der Waals surface area (Å²) in [6, 6.07) is 4.84. The van der Waals surface area contributed by atoms with E-state index in [0.717, 1.165) is 64.0 Å². The molecule has 2 aliphatic heterocycles. The summed E-state index contributed by atoms with van der Waals surface area (Å²) in [5.41, 5.74) is 0. The molecule has 1 aromatic heterocycles. The standard InChI is InChI=1S/C17H28N2O3/c1-13-3-4-17(22-13)14(2)18-11-16(15-5-8-21-12-15)19-6-9-20-10-7-19/h3-4,14-16,18H,5-12H2,1-2H3/t14-,15+,16+/m0/s1. The Morgan fingerprint density at radius 3 is 2.68 bits per heavy atom. The van der Waals surface area contributed by atoms with E-state index in [1.807, 2.05) is 13.0 Å². The Labute approximate surface area is 132 Å². The number of rotatable bonds is 6. The Balaban J connectivity index is 1.59. The normalized spacial score (nSPS) is 26.2. The van der Waals surface area contributed by atoms with Gasteiger partial charge in [0, 0.05) is 38.2 Å². The number of aryl methyl sites for hydroxylation is 1. The fraction of sp³-hybridized carbons (Fsp3) is 0.765. The van der Waals surface area contributed by atoms with Gasteiger partial charge in [0.25, 0.3) is 0 Å². The van der Waals surface area contributed by atoms with E-state index in [2.05, 4.69) is 23.2 Å². The van der Waals surface area contributed by atoms with E-state index in [0.29, 0.717) is 12.0 Å². The molecule has 0 aliphatic carbocycles. The molecule has 3 heterocycles. The highest BCUT2D eigenvalue weighted by atomic mass is 16.5. The molecule has 2 saturated heterocycles. The highest BCUT2D eigenvalue weighted by molar-refractivity contribution is 5.09. The second-order valence-corrected chi connectivity index (χ2v) is 6.42. The third-order valence-electron chi connectivity index (χ3n) is 4.84. The molecule has 3 rings (SSSR count). The quantitative estimate of drug-likeness (QED) is 0.871. The Kier molecular flexibility index (Phi) is 5.52. The maximum Gasteiger partial charge on any atom is 0.120 e. The summed E-state index contributed by atoms with van der Waals surface area (Å²) in [5.74, 6) is 2.61. The van der Waals surface area contributed by atoms with Crippen molar-refractivity contribution in [3.8, 4) is 0 Å². The Bertz CT molecular complexity index is 451. The molecule has 3 atom stereocenters. The van der Waals surface area contributed by atoms with E-state index in [-0.39, 0.29) is 6.04 Å². The molecule has 2 aliphatic rings. The van der Waals surface area contributed by atoms with Crippen LogP contribution in [0.1, 0.15) is 30.9 Å². The van der Waals surface area contributed by atoms with Crippen LogP contribution in [0.3, 0.4) is 0 Å². The van der Waals surface area contributed by atoms with E-state index in [1.54, 1.807) is 0 Å². The molecule has 124 valence electrons. The lowest BCUT2D eigenvalue weighted by Gasteiger charge is -2.38. The second kappa shape index (κ2) is 7.59. The van der Waals surface area contributed by atoms with Crippen molar-refractivity contribution in [2.45, 2.75) is 32.4 Å². The van der Waals surface area contributed by atoms with Gasteiger partial charge >= 0.3 is 0 Å². The maximum atomic E-state index is 5.73. The molecule has 0 bridgehead atoms. The Morgan fingerprint density at radius 1 is 1.23 bits per heavy atom. The lowest BCUT2D eigenvalue weighted by atomic mass is 9.96. The second-order valence-electron chi connectivity index (χ2n) is 6.42. The number of morpholine rings is 1. The van der Waals surface area contributed by atoms with Gasteiger partial charge in [0.2, 0.25) is 0 Å². The van der Waals surface area contributed by atoms with Gasteiger partial charge in [-0.15, -0.1) is 0 Å². The molecule has 22 heavy (non-hydrogen) atoms. The molecule has 0 saturated carbocycles. The monoisotopic (exact) mass is 308 g/mol. The van der Waals surface area contributed by atoms with Crippen molar-refractivity contribution in [3.05, 3.63) is 23.7 Å². The van der Waals surface area contributed by atoms with Crippen LogP contribution in [0.15, 0.2) is 16.5 Å². The maximum absolute atomic E-state index is 5.73. The summed E-state index contributed by atoms with van der Waals surface area (Å²) in [7, 11) is 0. The van der Waals surface area contributed by atoms with Gasteiger partial charge < -0.3 is 19.2 Å². The molecule has 5 nitrogen and oxygen atoms in total. The fourth-order valence-electron chi connectivity index (χ4n) is 3.44. The molecular weight excluding hydrogens is 280 g/mol. The molecule has 5 heteroatoms. The summed E-state index contributed by atoms with van der Waals surface area (Å²) in [6.45, 7) is 10.6. The third-order valence-corrected chi connectivity index (χ3v) is 4.84. The summed E-state index contributed by atoms with van der Waals surface area (Å²) in [4.78, 5) is 2.57.